The van der Waals surface area contributed by atoms with Crippen LogP contribution in [0.25, 0.3) is 32.2 Å². The molecule has 0 aliphatic carbocycles. The van der Waals surface area contributed by atoms with Crippen LogP contribution in [0.2, 0.25) is 0 Å². The summed E-state index contributed by atoms with van der Waals surface area (Å²) >= 11 is 0. The van der Waals surface area contributed by atoms with E-state index in [1.54, 1.807) is 24.3 Å². The molecule has 0 spiro atoms. The first-order valence-electron chi connectivity index (χ1n) is 20.5. The first-order valence-corrected chi connectivity index (χ1v) is 20.5. The fraction of sp³-hybridized carbons (Fsp3) is 0.283. The summed E-state index contributed by atoms with van der Waals surface area (Å²) in [4.78, 5) is 25.8. The number of aryl methyl sites for hydroxylation is 4. The number of anilines is 3. The van der Waals surface area contributed by atoms with Crippen molar-refractivity contribution in [1.29, 1.82) is 10.5 Å². The Morgan fingerprint density at radius 2 is 1.37 bits per heavy atom. The molecule has 3 aromatic carbocycles. The average Bonchev–Trinajstić information content (AvgIpc) is 3.58. The number of hydrogen-bond acceptors (Lipinski definition) is 7. The number of nitriles is 2. The van der Waals surface area contributed by atoms with E-state index in [1.807, 2.05) is 57.0 Å². The topological polar surface area (TPSA) is 101 Å². The van der Waals surface area contributed by atoms with Gasteiger partial charge >= 0.3 is 0 Å². The molecule has 1 radical (unpaired) electrons. The number of rotatable bonds is 8. The molecule has 1 aliphatic rings. The first-order chi connectivity index (χ1) is 29.5. The van der Waals surface area contributed by atoms with Crippen LogP contribution < -0.4 is 9.80 Å². The Morgan fingerprint density at radius 1 is 0.746 bits per heavy atom. The maximum atomic E-state index is 9.76. The van der Waals surface area contributed by atoms with E-state index in [-0.39, 0.29) is 30.9 Å². The van der Waals surface area contributed by atoms with E-state index in [4.69, 9.17) is 28.1 Å². The summed E-state index contributed by atoms with van der Waals surface area (Å²) in [5, 5.41) is 19.0. The van der Waals surface area contributed by atoms with Crippen LogP contribution in [0.1, 0.15) is 99.3 Å². The van der Waals surface area contributed by atoms with E-state index >= 15 is 0 Å². The first kappa shape index (κ1) is 47.4. The van der Waals surface area contributed by atoms with Gasteiger partial charge in [0.1, 0.15) is 12.4 Å². The van der Waals surface area contributed by atoms with Gasteiger partial charge in [-0.1, -0.05) is 71.4 Å². The van der Waals surface area contributed by atoms with Crippen molar-refractivity contribution < 1.29 is 20.1 Å². The summed E-state index contributed by atoms with van der Waals surface area (Å²) in [6.07, 6.45) is 3.30. The van der Waals surface area contributed by atoms with E-state index in [9.17, 15) is 10.5 Å². The number of pyridine rings is 3. The molecule has 0 amide bonds. The molecular weight excluding hydrogens is 955 g/mol. The molecule has 0 bridgehead atoms. The monoisotopic (exact) mass is 1000 g/mol. The van der Waals surface area contributed by atoms with Crippen LogP contribution in [-0.4, -0.2) is 22.0 Å². The number of aromatic nitrogens is 3. The number of unbranched alkanes of at least 4 members (excludes halogenated alkanes) is 1. The normalized spacial score (nSPS) is 11.8. The molecule has 7 rings (SSSR count). The molecule has 0 unspecified atom stereocenters. The molecule has 0 saturated heterocycles. The van der Waals surface area contributed by atoms with E-state index in [0.717, 1.165) is 71.1 Å². The number of fused-ring (bicyclic) bond motifs is 1. The molecule has 1 aliphatic heterocycles. The quantitative estimate of drug-likeness (QED) is 0.111. The van der Waals surface area contributed by atoms with Crippen LogP contribution in [0.4, 0.5) is 28.6 Å². The molecule has 9 nitrogen and oxygen atoms in total. The molecule has 10 heteroatoms. The second-order valence-corrected chi connectivity index (χ2v) is 17.5. The van der Waals surface area contributed by atoms with E-state index in [2.05, 4.69) is 116 Å². The van der Waals surface area contributed by atoms with Gasteiger partial charge in [0.15, 0.2) is 5.69 Å². The fourth-order valence-electron chi connectivity index (χ4n) is 6.97. The number of para-hydroxylation sites is 1. The summed E-state index contributed by atoms with van der Waals surface area (Å²) in [6.45, 7) is 34.0. The zero-order valence-corrected chi connectivity index (χ0v) is 39.7. The average molecular weight is 1000 g/mol. The van der Waals surface area contributed by atoms with Gasteiger partial charge in [0.25, 0.3) is 0 Å². The second-order valence-electron chi connectivity index (χ2n) is 17.5. The van der Waals surface area contributed by atoms with Gasteiger partial charge in [-0.2, -0.15) is 41.8 Å². The van der Waals surface area contributed by atoms with Crippen molar-refractivity contribution in [3.05, 3.63) is 171 Å². The van der Waals surface area contributed by atoms with Crippen molar-refractivity contribution in [3.63, 3.8) is 0 Å². The van der Waals surface area contributed by atoms with Crippen molar-refractivity contribution in [2.45, 2.75) is 91.9 Å². The van der Waals surface area contributed by atoms with Crippen LogP contribution in [0.3, 0.4) is 0 Å². The molecule has 6 aromatic rings. The van der Waals surface area contributed by atoms with E-state index in [1.165, 1.54) is 5.56 Å². The number of nitrogens with zero attached hydrogens (tertiary/aromatic N) is 9. The minimum atomic E-state index is -0.115. The third-order valence-electron chi connectivity index (χ3n) is 10.7. The van der Waals surface area contributed by atoms with Crippen molar-refractivity contribution in [3.8, 4) is 34.7 Å². The van der Waals surface area contributed by atoms with Crippen molar-refractivity contribution in [2.75, 3.05) is 16.8 Å². The van der Waals surface area contributed by atoms with E-state index < -0.39 is 0 Å². The minimum absolute atomic E-state index is 0. The Balaban J connectivity index is 0.000000326. The predicted octanol–water partition coefficient (Wildman–Crippen LogP) is 12.6. The van der Waals surface area contributed by atoms with Crippen molar-refractivity contribution >= 4 is 28.6 Å². The zero-order chi connectivity index (χ0) is 44.8. The van der Waals surface area contributed by atoms with Gasteiger partial charge in [0.2, 0.25) is 5.69 Å². The largest absolute Gasteiger partial charge is 0.502 e. The predicted molar refractivity (Wildman–Crippen MR) is 247 cm³/mol. The van der Waals surface area contributed by atoms with Crippen molar-refractivity contribution in [2.24, 2.45) is 0 Å². The molecule has 4 heterocycles. The standard InChI is InChI=1S/C38H34N6.C15H15N3.Ir/c1-37(2,3)27-19-30(43-35(21-27)32-16-14-29(41-7)18-26(32)24-40)11-9-10-12-31-20-28(38(4,5)6)22-36(44-31)33-15-13-25(23-39)17-34(33)42-8;1-11-9-14-15(16-12(11)2)18(10-17(14)3)13-7-5-4-6-8-13;/h13-14,17-22H,9-12H2,1-6H3;4-7,9-10H,1-3H3;/q2*-2;. The molecular formula is C53H49IrN9-4. The minimum Gasteiger partial charge on any atom is -0.502 e. The zero-order valence-electron chi connectivity index (χ0n) is 37.3. The maximum absolute atomic E-state index is 9.76. The molecule has 0 N–H and O–H groups in total. The number of benzene rings is 3. The van der Waals surface area contributed by atoms with E-state index in [0.29, 0.717) is 45.0 Å². The summed E-state index contributed by atoms with van der Waals surface area (Å²) in [5.41, 5.74) is 12.5. The van der Waals surface area contributed by atoms with Crippen LogP contribution in [0.15, 0.2) is 78.9 Å². The number of hydrogen-bond donors (Lipinski definition) is 0. The summed E-state index contributed by atoms with van der Waals surface area (Å²) in [5.74, 6) is 0.975. The van der Waals surface area contributed by atoms with Gasteiger partial charge in [-0.25, -0.2) is 20.4 Å². The fourth-order valence-corrected chi connectivity index (χ4v) is 6.97. The second kappa shape index (κ2) is 20.0. The van der Waals surface area contributed by atoms with Crippen LogP contribution in [-0.2, 0) is 43.8 Å². The van der Waals surface area contributed by atoms with Gasteiger partial charge in [0, 0.05) is 55.0 Å². The maximum Gasteiger partial charge on any atom is 0.236 e. The molecule has 319 valence electrons. The molecule has 0 saturated carbocycles. The van der Waals surface area contributed by atoms with Gasteiger partial charge in [-0.15, -0.1) is 29.4 Å². The van der Waals surface area contributed by atoms with Crippen LogP contribution >= 0.6 is 0 Å². The third kappa shape index (κ3) is 11.2. The molecule has 0 atom stereocenters. The third-order valence-corrected chi connectivity index (χ3v) is 10.7. The summed E-state index contributed by atoms with van der Waals surface area (Å²) in [7, 11) is 2.04. The van der Waals surface area contributed by atoms with Gasteiger partial charge in [-0.05, 0) is 121 Å². The molecule has 63 heavy (non-hydrogen) atoms. The van der Waals surface area contributed by atoms with Crippen LogP contribution in [0, 0.1) is 74.5 Å². The Bertz CT molecular complexity index is 2650. The molecule has 3 aromatic heterocycles. The summed E-state index contributed by atoms with van der Waals surface area (Å²) in [6, 6.07) is 38.6. The van der Waals surface area contributed by atoms with Gasteiger partial charge < -0.3 is 19.8 Å². The van der Waals surface area contributed by atoms with Crippen LogP contribution in [0.5, 0.6) is 0 Å². The smallest absolute Gasteiger partial charge is 0.236 e. The van der Waals surface area contributed by atoms with Crippen molar-refractivity contribution in [1.82, 2.24) is 15.0 Å². The Morgan fingerprint density at radius 3 is 1.90 bits per heavy atom. The Labute approximate surface area is 387 Å². The summed E-state index contributed by atoms with van der Waals surface area (Å²) < 4.78 is 0. The Hall–Kier alpha value is -6.68. The van der Waals surface area contributed by atoms with Gasteiger partial charge in [-0.3, -0.25) is 0 Å². The SMILES string of the molecule is Cc1cc2c(nc1C)N(c1[c-]cccc1)[CH-]N2C.[C-]#[N+]c1c[c-]c(-c2cc(C(C)(C)C)cc(CCCCc3cc(C(C)(C)C)cc(-c4[c-]cc(C#N)cc4[N+]#[C-])n3)n2)c(C#N)c1.[Ir]. The molecule has 0 fully saturated rings. The van der Waals surface area contributed by atoms with Gasteiger partial charge in [0.05, 0.1) is 6.57 Å². The Kier molecular flexibility index (Phi) is 15.0.